The SMILES string of the molecule is CCOCCOc1cnc(C(=O)Nc2ccnc(C3(C)CC(=O)N(C)C(N)=N3)c2)cn1. The first-order chi connectivity index (χ1) is 14.8. The summed E-state index contributed by atoms with van der Waals surface area (Å²) in [5, 5.41) is 2.75. The largest absolute Gasteiger partial charge is 0.474 e. The average molecular weight is 427 g/mol. The Morgan fingerprint density at radius 1 is 1.29 bits per heavy atom. The lowest BCUT2D eigenvalue weighted by molar-refractivity contribution is -0.128. The fraction of sp³-hybridized carbons (Fsp3) is 0.400. The van der Waals surface area contributed by atoms with Crippen LogP contribution in [0.25, 0.3) is 0 Å². The van der Waals surface area contributed by atoms with E-state index in [-0.39, 0.29) is 24.0 Å². The van der Waals surface area contributed by atoms with Crippen LogP contribution >= 0.6 is 0 Å². The van der Waals surface area contributed by atoms with E-state index in [0.717, 1.165) is 0 Å². The molecule has 164 valence electrons. The van der Waals surface area contributed by atoms with Gasteiger partial charge in [0.2, 0.25) is 11.8 Å². The first kappa shape index (κ1) is 22.1. The Hall–Kier alpha value is -3.60. The number of pyridine rings is 1. The van der Waals surface area contributed by atoms with Crippen molar-refractivity contribution >= 4 is 23.5 Å². The Labute approximate surface area is 179 Å². The van der Waals surface area contributed by atoms with Crippen LogP contribution in [0.15, 0.2) is 35.7 Å². The van der Waals surface area contributed by atoms with Gasteiger partial charge in [0.1, 0.15) is 17.8 Å². The maximum Gasteiger partial charge on any atom is 0.275 e. The van der Waals surface area contributed by atoms with Gasteiger partial charge in [-0.25, -0.2) is 15.0 Å². The van der Waals surface area contributed by atoms with Gasteiger partial charge in [0.25, 0.3) is 5.91 Å². The minimum atomic E-state index is -0.922. The summed E-state index contributed by atoms with van der Waals surface area (Å²) in [6.07, 6.45) is 4.35. The molecular weight excluding hydrogens is 402 g/mol. The topological polar surface area (TPSA) is 145 Å². The number of carbonyl (C=O) groups is 2. The molecule has 0 saturated heterocycles. The summed E-state index contributed by atoms with van der Waals surface area (Å²) < 4.78 is 10.6. The zero-order valence-electron chi connectivity index (χ0n) is 17.7. The fourth-order valence-corrected chi connectivity index (χ4v) is 2.91. The minimum absolute atomic E-state index is 0.116. The smallest absolute Gasteiger partial charge is 0.275 e. The lowest BCUT2D eigenvalue weighted by Crippen LogP contribution is -2.47. The summed E-state index contributed by atoms with van der Waals surface area (Å²) in [4.78, 5) is 42.9. The monoisotopic (exact) mass is 427 g/mol. The Bertz CT molecular complexity index is 980. The van der Waals surface area contributed by atoms with E-state index in [1.54, 1.807) is 26.1 Å². The van der Waals surface area contributed by atoms with E-state index < -0.39 is 11.4 Å². The van der Waals surface area contributed by atoms with Crippen LogP contribution in [0.2, 0.25) is 0 Å². The van der Waals surface area contributed by atoms with Crippen molar-refractivity contribution < 1.29 is 19.1 Å². The lowest BCUT2D eigenvalue weighted by Gasteiger charge is -2.32. The van der Waals surface area contributed by atoms with Crippen LogP contribution in [0.4, 0.5) is 5.69 Å². The molecular formula is C20H25N7O4. The van der Waals surface area contributed by atoms with E-state index in [0.29, 0.717) is 37.1 Å². The fourth-order valence-electron chi connectivity index (χ4n) is 2.91. The van der Waals surface area contributed by atoms with E-state index in [2.05, 4.69) is 25.3 Å². The molecule has 1 unspecified atom stereocenters. The molecule has 11 nitrogen and oxygen atoms in total. The normalized spacial score (nSPS) is 18.5. The van der Waals surface area contributed by atoms with Gasteiger partial charge in [-0.3, -0.25) is 19.5 Å². The molecule has 2 aromatic heterocycles. The molecule has 3 N–H and O–H groups in total. The average Bonchev–Trinajstić information content (AvgIpc) is 2.75. The molecule has 3 heterocycles. The van der Waals surface area contributed by atoms with Crippen LogP contribution < -0.4 is 15.8 Å². The molecule has 3 rings (SSSR count). The summed E-state index contributed by atoms with van der Waals surface area (Å²) in [6.45, 7) is 5.07. The zero-order valence-corrected chi connectivity index (χ0v) is 17.7. The van der Waals surface area contributed by atoms with Crippen LogP contribution in [-0.2, 0) is 15.1 Å². The number of carbonyl (C=O) groups excluding carboxylic acids is 2. The molecule has 11 heteroatoms. The quantitative estimate of drug-likeness (QED) is 0.592. The third-order valence-corrected chi connectivity index (χ3v) is 4.69. The Kier molecular flexibility index (Phi) is 6.75. The van der Waals surface area contributed by atoms with Crippen molar-refractivity contribution in [3.8, 4) is 5.88 Å². The maximum absolute atomic E-state index is 12.5. The van der Waals surface area contributed by atoms with E-state index in [1.807, 2.05) is 6.92 Å². The summed E-state index contributed by atoms with van der Waals surface area (Å²) in [6, 6.07) is 3.29. The second-order valence-electron chi connectivity index (χ2n) is 7.04. The number of aromatic nitrogens is 3. The summed E-state index contributed by atoms with van der Waals surface area (Å²) in [5.74, 6) is -0.185. The Morgan fingerprint density at radius 2 is 2.10 bits per heavy atom. The standard InChI is InChI=1S/C20H25N7O4/c1-4-30-7-8-31-16-12-23-14(11-24-16)18(29)25-13-5-6-22-15(9-13)20(2)10-17(28)27(3)19(21)26-20/h5-6,9,11-12H,4,7-8,10H2,1-3H3,(H2,21,26)(H,22,25,29). The highest BCUT2D eigenvalue weighted by molar-refractivity contribution is 6.02. The van der Waals surface area contributed by atoms with Crippen molar-refractivity contribution in [3.05, 3.63) is 42.1 Å². The molecule has 0 saturated carbocycles. The Balaban J connectivity index is 1.68. The van der Waals surface area contributed by atoms with E-state index >= 15 is 0 Å². The molecule has 31 heavy (non-hydrogen) atoms. The summed E-state index contributed by atoms with van der Waals surface area (Å²) in [7, 11) is 1.57. The van der Waals surface area contributed by atoms with Gasteiger partial charge in [-0.1, -0.05) is 0 Å². The molecule has 1 atom stereocenters. The van der Waals surface area contributed by atoms with Crippen LogP contribution in [-0.4, -0.2) is 64.5 Å². The van der Waals surface area contributed by atoms with Crippen molar-refractivity contribution in [1.82, 2.24) is 19.9 Å². The second-order valence-corrected chi connectivity index (χ2v) is 7.04. The predicted octanol–water partition coefficient (Wildman–Crippen LogP) is 0.931. The molecule has 0 aromatic carbocycles. The molecule has 0 fully saturated rings. The number of anilines is 1. The van der Waals surface area contributed by atoms with E-state index in [4.69, 9.17) is 15.2 Å². The molecule has 0 aliphatic carbocycles. The van der Waals surface area contributed by atoms with Crippen molar-refractivity contribution in [2.24, 2.45) is 10.7 Å². The summed E-state index contributed by atoms with van der Waals surface area (Å²) in [5.41, 5.74) is 6.06. The number of aliphatic imine (C=N–C) groups is 1. The number of guanidine groups is 1. The van der Waals surface area contributed by atoms with Crippen LogP contribution in [0.3, 0.4) is 0 Å². The Morgan fingerprint density at radius 3 is 2.77 bits per heavy atom. The highest BCUT2D eigenvalue weighted by Gasteiger charge is 2.37. The van der Waals surface area contributed by atoms with Crippen molar-refractivity contribution in [2.75, 3.05) is 32.2 Å². The number of rotatable bonds is 8. The first-order valence-electron chi connectivity index (χ1n) is 9.75. The van der Waals surface area contributed by atoms with Crippen LogP contribution in [0, 0.1) is 0 Å². The summed E-state index contributed by atoms with van der Waals surface area (Å²) >= 11 is 0. The van der Waals surface area contributed by atoms with Gasteiger partial charge in [-0.05, 0) is 26.0 Å². The highest BCUT2D eigenvalue weighted by atomic mass is 16.5. The number of amides is 2. The lowest BCUT2D eigenvalue weighted by atomic mass is 9.91. The molecule has 2 aromatic rings. The number of nitrogens with zero attached hydrogens (tertiary/aromatic N) is 5. The molecule has 0 radical (unpaired) electrons. The highest BCUT2D eigenvalue weighted by Crippen LogP contribution is 2.32. The van der Waals surface area contributed by atoms with Crippen LogP contribution in [0.1, 0.15) is 36.5 Å². The van der Waals surface area contributed by atoms with Gasteiger partial charge in [-0.15, -0.1) is 0 Å². The number of nitrogens with one attached hydrogen (secondary N) is 1. The molecule has 1 aliphatic rings. The van der Waals surface area contributed by atoms with Gasteiger partial charge in [-0.2, -0.15) is 0 Å². The van der Waals surface area contributed by atoms with Gasteiger partial charge < -0.3 is 20.5 Å². The van der Waals surface area contributed by atoms with Gasteiger partial charge in [0, 0.05) is 25.5 Å². The van der Waals surface area contributed by atoms with Crippen molar-refractivity contribution in [3.63, 3.8) is 0 Å². The third kappa shape index (κ3) is 5.31. The van der Waals surface area contributed by atoms with Crippen molar-refractivity contribution in [1.29, 1.82) is 0 Å². The first-order valence-corrected chi connectivity index (χ1v) is 9.75. The van der Waals surface area contributed by atoms with Gasteiger partial charge in [0.05, 0.1) is 31.1 Å². The number of ether oxygens (including phenoxy) is 2. The zero-order chi connectivity index (χ0) is 22.4. The maximum atomic E-state index is 12.5. The molecule has 0 bridgehead atoms. The van der Waals surface area contributed by atoms with Gasteiger partial charge in [0.15, 0.2) is 5.96 Å². The van der Waals surface area contributed by atoms with E-state index in [9.17, 15) is 9.59 Å². The minimum Gasteiger partial charge on any atom is -0.474 e. The van der Waals surface area contributed by atoms with Crippen molar-refractivity contribution in [2.45, 2.75) is 25.8 Å². The molecule has 1 aliphatic heterocycles. The number of hydrogen-bond donors (Lipinski definition) is 2. The molecule has 2 amide bonds. The second kappa shape index (κ2) is 9.47. The molecule has 0 spiro atoms. The van der Waals surface area contributed by atoms with E-state index in [1.165, 1.54) is 23.5 Å². The van der Waals surface area contributed by atoms with Crippen LogP contribution in [0.5, 0.6) is 5.88 Å². The number of hydrogen-bond acceptors (Lipinski definition) is 9. The van der Waals surface area contributed by atoms with Gasteiger partial charge >= 0.3 is 0 Å². The third-order valence-electron chi connectivity index (χ3n) is 4.69. The number of nitrogens with two attached hydrogens (primary N) is 1. The predicted molar refractivity (Wildman–Crippen MR) is 113 cm³/mol.